The maximum atomic E-state index is 16.0. The third kappa shape index (κ3) is 26.0. The number of aliphatic hydroxyl groups is 1. The van der Waals surface area contributed by atoms with E-state index in [9.17, 15) is 48.3 Å². The molecule has 0 radical (unpaired) electrons. The molecule has 5 aromatic carbocycles. The van der Waals surface area contributed by atoms with E-state index in [4.69, 9.17) is 49.7 Å². The van der Waals surface area contributed by atoms with Gasteiger partial charge in [0.15, 0.2) is 5.78 Å². The molecule has 9 aromatic rings. The molecule has 10 N–H and O–H groups in total. The topological polar surface area (TPSA) is 392 Å². The number of rotatable bonds is 30. The highest BCUT2D eigenvalue weighted by atomic mass is 19.1. The Kier molecular flexibility index (Phi) is 33.7. The number of fused-ring (bicyclic) bond motifs is 4. The summed E-state index contributed by atoms with van der Waals surface area (Å²) in [4.78, 5) is 120. The van der Waals surface area contributed by atoms with Gasteiger partial charge in [-0.3, -0.25) is 24.0 Å². The number of hydrogen-bond donors (Lipinski definition) is 8. The van der Waals surface area contributed by atoms with Gasteiger partial charge in [-0.2, -0.15) is 0 Å². The second kappa shape index (κ2) is 45.1. The maximum absolute atomic E-state index is 16.0. The number of hydrogen-bond acceptors (Lipinski definition) is 24. The van der Waals surface area contributed by atoms with Gasteiger partial charge in [-0.05, 0) is 277 Å². The fourth-order valence-electron chi connectivity index (χ4n) is 20.4. The highest BCUT2D eigenvalue weighted by Gasteiger charge is 2.41. The zero-order valence-electron chi connectivity index (χ0n) is 86.1. The van der Waals surface area contributed by atoms with Crippen LogP contribution in [0.5, 0.6) is 23.0 Å². The zero-order valence-corrected chi connectivity index (χ0v) is 86.1. The number of carbonyl (C=O) groups excluding carboxylic acids is 5. The van der Waals surface area contributed by atoms with Crippen molar-refractivity contribution in [1.82, 2.24) is 39.5 Å². The van der Waals surface area contributed by atoms with Crippen molar-refractivity contribution in [2.24, 2.45) is 35.1 Å². The van der Waals surface area contributed by atoms with E-state index >= 15 is 17.6 Å². The van der Waals surface area contributed by atoms with Gasteiger partial charge in [-0.15, -0.1) is 0 Å². The standard InChI is InChI=1S/C34H43FN4O6.C26H37FN4O4.2C24H32FN3O4/c1-21-30-26(17-27(35)31(21)38-15-13-24(19-38)22(2)37-33(42)45-34(3,4)5)28(18-29(40)39(30)25-11-12-25)43-16-14-36-32(41)44-20-23-9-7-6-8-10-23;1-15-23-19(21(34-11-9-28)13-22(32)31(23)18-6-7-18)12-20(27)24(15)30-10-8-17(14-30)16(2)29-25(33)35-26(3,4)5;1-13-21-17(19(29)11-20(30)28(21)16-6-7-16)10-18(25)22(13)27-9-8-15(12-27)14(2)26-23(31)32-24(3,4)5;1-14-23-19(10-20(25)24(14)27-8-7-16(12-27)15(2)26)21(32-9-3-4-18(30)13-29)11-22(31)28(23)17-5-6-17/h6-10,17-18,22,24-25H,11-16,19-20H2,1-5H3,(H,36,41)(H,37,42);12-13,16-18H,6-11,14,28H2,1-5H3,(H,29,33);10-11,14-16,29H,6-9,12H2,1-5H3,(H,26,31);10-11,15-17,29H,3-9,12-13,26H2,1-2H3/t22-,24+;16-,17+;14-,15+;15-,16+/m0000/s1. The number of aliphatic hydroxyl groups excluding tert-OH is 1. The number of aryl methyl sites for hydroxylation is 4. The molecule has 4 saturated heterocycles. The molecule has 4 saturated carbocycles. The number of carbonyl (C=O) groups is 5. The van der Waals surface area contributed by atoms with Gasteiger partial charge in [-0.1, -0.05) is 30.3 Å². The number of nitrogens with one attached hydrogen (secondary N) is 4. The molecule has 4 aromatic heterocycles. The molecule has 782 valence electrons. The second-order valence-corrected chi connectivity index (χ2v) is 43.0. The van der Waals surface area contributed by atoms with E-state index in [0.717, 1.165) is 111 Å². The molecule has 32 nitrogen and oxygen atoms in total. The summed E-state index contributed by atoms with van der Waals surface area (Å²) >= 11 is 0. The van der Waals surface area contributed by atoms with E-state index in [-0.39, 0.29) is 157 Å². The van der Waals surface area contributed by atoms with E-state index < -0.39 is 59.4 Å². The number of benzene rings is 5. The molecule has 8 atom stereocenters. The minimum atomic E-state index is -0.596. The SMILES string of the molecule is Cc1c(N2CC[C@@H]([C@H](C)N)C2)c(F)cc2c(OCCCC(=O)CO)cc(=O)n(C3CC3)c12.Cc1c(N2CC[C@@H]([C@H](C)NC(=O)OC(C)(C)C)C2)c(F)cc2c(O)cc(=O)n(C3CC3)c12.Cc1c(N2CC[C@@H]([C@H](C)NC(=O)OC(C)(C)C)C2)c(F)cc2c(OCCN)cc(=O)n(C3CC3)c12.Cc1c(N2CC[C@@H]([C@H](C)NC(=O)OC(C)(C)C)C2)c(F)cc2c(OCCNC(=O)OCc3ccccc3)cc(=O)n(C3CC3)c12. The van der Waals surface area contributed by atoms with Crippen LogP contribution in [-0.2, 0) is 30.3 Å². The monoisotopic (exact) mass is 2000 g/mol. The molecule has 4 aliphatic carbocycles. The summed E-state index contributed by atoms with van der Waals surface area (Å²) in [6.45, 7) is 37.3. The Morgan fingerprint density at radius 1 is 0.431 bits per heavy atom. The molecule has 4 amide bonds. The first kappa shape index (κ1) is 107. The molecule has 8 fully saturated rings. The van der Waals surface area contributed by atoms with Gasteiger partial charge in [0.1, 0.15) is 89.5 Å². The van der Waals surface area contributed by atoms with Crippen LogP contribution in [0.4, 0.5) is 59.5 Å². The summed E-state index contributed by atoms with van der Waals surface area (Å²) in [6.07, 6.45) is 9.26. The number of alkyl carbamates (subject to hydrolysis) is 4. The van der Waals surface area contributed by atoms with Crippen molar-refractivity contribution < 1.29 is 84.9 Å². The number of nitrogens with zero attached hydrogens (tertiary/aromatic N) is 8. The van der Waals surface area contributed by atoms with Crippen LogP contribution >= 0.6 is 0 Å². The highest BCUT2D eigenvalue weighted by Crippen LogP contribution is 2.49. The Morgan fingerprint density at radius 3 is 1.06 bits per heavy atom. The lowest BCUT2D eigenvalue weighted by atomic mass is 10.0. The summed E-state index contributed by atoms with van der Waals surface area (Å²) in [5, 5.41) is 32.6. The lowest BCUT2D eigenvalue weighted by Gasteiger charge is -2.27. The fraction of sp³-hybridized carbons (Fsp3) is 0.565. The third-order valence-corrected chi connectivity index (χ3v) is 28.0. The van der Waals surface area contributed by atoms with Crippen LogP contribution in [0, 0.1) is 74.6 Å². The van der Waals surface area contributed by atoms with Crippen molar-refractivity contribution in [1.29, 1.82) is 0 Å². The fourth-order valence-corrected chi connectivity index (χ4v) is 20.4. The summed E-state index contributed by atoms with van der Waals surface area (Å²) in [5.74, 6) is -0.286. The number of ketones is 1. The van der Waals surface area contributed by atoms with Crippen LogP contribution in [-0.4, -0.2) is 191 Å². The Labute approximate surface area is 837 Å². The number of Topliss-reactive ketones (excluding diaryl/α,β-unsaturated/α-hetero) is 1. The van der Waals surface area contributed by atoms with Crippen LogP contribution in [0.3, 0.4) is 0 Å². The predicted molar refractivity (Wildman–Crippen MR) is 549 cm³/mol. The van der Waals surface area contributed by atoms with E-state index in [0.29, 0.717) is 143 Å². The van der Waals surface area contributed by atoms with Crippen LogP contribution in [0.15, 0.2) is 98.0 Å². The summed E-state index contributed by atoms with van der Waals surface area (Å²) in [6, 6.07) is 20.6. The Hall–Kier alpha value is -12.3. The minimum Gasteiger partial charge on any atom is -0.507 e. The summed E-state index contributed by atoms with van der Waals surface area (Å²) < 4.78 is 108. The lowest BCUT2D eigenvalue weighted by Crippen LogP contribution is -2.42. The first-order valence-corrected chi connectivity index (χ1v) is 50.8. The molecule has 36 heteroatoms. The van der Waals surface area contributed by atoms with Crippen molar-refractivity contribution >= 4 is 96.5 Å². The van der Waals surface area contributed by atoms with Crippen LogP contribution in [0.2, 0.25) is 0 Å². The Morgan fingerprint density at radius 2 is 0.743 bits per heavy atom. The first-order chi connectivity index (χ1) is 68.2. The van der Waals surface area contributed by atoms with Gasteiger partial charge in [-0.25, -0.2) is 36.7 Å². The lowest BCUT2D eigenvalue weighted by molar-refractivity contribution is -0.121. The normalized spacial score (nSPS) is 18.8. The zero-order chi connectivity index (χ0) is 104. The van der Waals surface area contributed by atoms with E-state index in [2.05, 4.69) is 21.3 Å². The number of aromatic hydroxyl groups is 1. The number of nitrogens with two attached hydrogens (primary N) is 2. The van der Waals surface area contributed by atoms with Gasteiger partial charge in [0.2, 0.25) is 0 Å². The van der Waals surface area contributed by atoms with Crippen molar-refractivity contribution in [3.8, 4) is 23.0 Å². The van der Waals surface area contributed by atoms with Gasteiger partial charge in [0, 0.05) is 159 Å². The van der Waals surface area contributed by atoms with Crippen molar-refractivity contribution in [2.75, 3.05) is 111 Å². The molecule has 17 rings (SSSR count). The van der Waals surface area contributed by atoms with E-state index in [1.807, 2.05) is 168 Å². The summed E-state index contributed by atoms with van der Waals surface area (Å²) in [5.41, 5.74) is 17.6. The van der Waals surface area contributed by atoms with Gasteiger partial charge in [0.05, 0.1) is 58.0 Å². The second-order valence-electron chi connectivity index (χ2n) is 43.0. The quantitative estimate of drug-likeness (QED) is 0.0118. The molecular weight excluding hydrogens is 1860 g/mol. The minimum absolute atomic E-state index is 0.0474. The molecule has 8 heterocycles. The van der Waals surface area contributed by atoms with Gasteiger partial charge in [0.25, 0.3) is 22.2 Å². The molecule has 0 spiro atoms. The van der Waals surface area contributed by atoms with Gasteiger partial charge >= 0.3 is 24.4 Å². The Balaban J connectivity index is 0.000000154. The number of pyridine rings is 4. The van der Waals surface area contributed by atoms with Crippen molar-refractivity contribution in [2.45, 2.75) is 279 Å². The van der Waals surface area contributed by atoms with Gasteiger partial charge < -0.3 is 114 Å². The number of amides is 4. The predicted octanol–water partition coefficient (Wildman–Crippen LogP) is 16.6. The Bertz CT molecular complexity index is 6490. The highest BCUT2D eigenvalue weighted by molar-refractivity contribution is 5.96. The van der Waals surface area contributed by atoms with Crippen molar-refractivity contribution in [3.05, 3.63) is 171 Å². The first-order valence-electron chi connectivity index (χ1n) is 50.8. The average Bonchev–Trinajstić information content (AvgIpc) is 1.74. The van der Waals surface area contributed by atoms with Crippen LogP contribution in [0.1, 0.15) is 232 Å². The van der Waals surface area contributed by atoms with Crippen LogP contribution in [0.25, 0.3) is 43.6 Å². The number of aromatic nitrogens is 4. The molecule has 8 aliphatic rings. The molecule has 4 aliphatic heterocycles. The van der Waals surface area contributed by atoms with E-state index in [1.165, 1.54) is 48.5 Å². The smallest absolute Gasteiger partial charge is 0.407 e. The maximum Gasteiger partial charge on any atom is 0.407 e. The van der Waals surface area contributed by atoms with Crippen molar-refractivity contribution in [3.63, 3.8) is 0 Å². The molecule has 144 heavy (non-hydrogen) atoms. The summed E-state index contributed by atoms with van der Waals surface area (Å²) in [7, 11) is 0. The third-order valence-electron chi connectivity index (χ3n) is 28.0. The largest absolute Gasteiger partial charge is 0.507 e. The number of ether oxygens (including phenoxy) is 7. The molecule has 0 unspecified atom stereocenters. The number of anilines is 4. The average molecular weight is 2000 g/mol. The molecule has 0 bridgehead atoms. The van der Waals surface area contributed by atoms with E-state index in [1.54, 1.807) is 18.3 Å². The number of halogens is 4. The molecular formula is C108H144F4N14O18. The van der Waals surface area contributed by atoms with Crippen LogP contribution < -0.4 is 88.8 Å².